The first kappa shape index (κ1) is 18.7. The van der Waals surface area contributed by atoms with Gasteiger partial charge in [0.1, 0.15) is 0 Å². The maximum atomic E-state index is 4.87. The van der Waals surface area contributed by atoms with Crippen LogP contribution in [0.1, 0.15) is 24.8 Å². The Hall–Kier alpha value is -0.300. The van der Waals surface area contributed by atoms with Gasteiger partial charge in [-0.2, -0.15) is 0 Å². The van der Waals surface area contributed by atoms with Crippen LogP contribution in [0.5, 0.6) is 0 Å². The van der Waals surface area contributed by atoms with E-state index in [0.29, 0.717) is 0 Å². The van der Waals surface area contributed by atoms with Gasteiger partial charge in [0, 0.05) is 38.1 Å². The predicted octanol–water partition coefficient (Wildman–Crippen LogP) is 3.97. The van der Waals surface area contributed by atoms with Crippen molar-refractivity contribution in [2.45, 2.75) is 24.7 Å². The van der Waals surface area contributed by atoms with Gasteiger partial charge in [-0.3, -0.25) is 4.99 Å². The van der Waals surface area contributed by atoms with Gasteiger partial charge in [-0.15, -0.1) is 24.0 Å². The molecule has 1 aliphatic rings. The standard InChI is InChI=1S/C16H24BrN3.HI/c1-19(2)15(20(3)4)18-12-16(10-5-11-16)13-6-8-14(17)9-7-13;/h6-9H,5,10-12H2,1-4H3;1H. The molecule has 0 unspecified atom stereocenters. The van der Waals surface area contributed by atoms with Crippen LogP contribution in [0.2, 0.25) is 0 Å². The normalized spacial score (nSPS) is 15.5. The highest BCUT2D eigenvalue weighted by Crippen LogP contribution is 2.44. The zero-order valence-electron chi connectivity index (χ0n) is 13.3. The van der Waals surface area contributed by atoms with Gasteiger partial charge < -0.3 is 9.80 Å². The third-order valence-electron chi connectivity index (χ3n) is 4.09. The van der Waals surface area contributed by atoms with Gasteiger partial charge in [0.05, 0.1) is 6.54 Å². The Morgan fingerprint density at radius 1 is 1.10 bits per heavy atom. The molecule has 0 bridgehead atoms. The summed E-state index contributed by atoms with van der Waals surface area (Å²) in [6.07, 6.45) is 3.80. The molecule has 1 aromatic carbocycles. The van der Waals surface area contributed by atoms with Crippen LogP contribution in [0.3, 0.4) is 0 Å². The van der Waals surface area contributed by atoms with E-state index in [0.717, 1.165) is 17.0 Å². The minimum absolute atomic E-state index is 0. The molecule has 1 saturated carbocycles. The molecule has 3 nitrogen and oxygen atoms in total. The SMILES string of the molecule is CN(C)C(=NCC1(c2ccc(Br)cc2)CCC1)N(C)C.I. The summed E-state index contributed by atoms with van der Waals surface area (Å²) in [5, 5.41) is 0. The summed E-state index contributed by atoms with van der Waals surface area (Å²) in [5.41, 5.74) is 1.67. The molecule has 118 valence electrons. The smallest absolute Gasteiger partial charge is 0.195 e. The van der Waals surface area contributed by atoms with Gasteiger partial charge in [-0.05, 0) is 30.5 Å². The van der Waals surface area contributed by atoms with E-state index in [4.69, 9.17) is 4.99 Å². The van der Waals surface area contributed by atoms with E-state index < -0.39 is 0 Å². The van der Waals surface area contributed by atoms with Gasteiger partial charge in [-0.25, -0.2) is 0 Å². The van der Waals surface area contributed by atoms with Gasteiger partial charge in [0.15, 0.2) is 5.96 Å². The third-order valence-corrected chi connectivity index (χ3v) is 4.62. The number of rotatable bonds is 3. The second-order valence-corrected chi connectivity index (χ2v) is 6.96. The van der Waals surface area contributed by atoms with Crippen LogP contribution in [-0.2, 0) is 5.41 Å². The Morgan fingerprint density at radius 2 is 1.62 bits per heavy atom. The number of nitrogens with zero attached hydrogens (tertiary/aromatic N) is 3. The highest BCUT2D eigenvalue weighted by Gasteiger charge is 2.38. The largest absolute Gasteiger partial charge is 0.349 e. The van der Waals surface area contributed by atoms with Crippen LogP contribution in [0.25, 0.3) is 0 Å². The summed E-state index contributed by atoms with van der Waals surface area (Å²) in [6, 6.07) is 8.75. The highest BCUT2D eigenvalue weighted by atomic mass is 127. The molecule has 0 spiro atoms. The molecule has 0 saturated heterocycles. The summed E-state index contributed by atoms with van der Waals surface area (Å²) in [4.78, 5) is 9.03. The second kappa shape index (κ2) is 7.81. The van der Waals surface area contributed by atoms with Crippen molar-refractivity contribution in [1.29, 1.82) is 0 Å². The van der Waals surface area contributed by atoms with Crippen LogP contribution in [0.4, 0.5) is 0 Å². The van der Waals surface area contributed by atoms with Crippen LogP contribution < -0.4 is 0 Å². The minimum atomic E-state index is 0. The predicted molar refractivity (Wildman–Crippen MR) is 105 cm³/mol. The summed E-state index contributed by atoms with van der Waals surface area (Å²) < 4.78 is 1.14. The summed E-state index contributed by atoms with van der Waals surface area (Å²) in [6.45, 7) is 0.875. The number of hydrogen-bond acceptors (Lipinski definition) is 1. The molecule has 0 N–H and O–H groups in total. The topological polar surface area (TPSA) is 18.8 Å². The van der Waals surface area contributed by atoms with Crippen molar-refractivity contribution < 1.29 is 0 Å². The maximum absolute atomic E-state index is 4.87. The molecule has 0 aromatic heterocycles. The van der Waals surface area contributed by atoms with E-state index in [9.17, 15) is 0 Å². The summed E-state index contributed by atoms with van der Waals surface area (Å²) in [7, 11) is 8.19. The molecule has 1 aromatic rings. The zero-order valence-corrected chi connectivity index (χ0v) is 17.2. The van der Waals surface area contributed by atoms with E-state index >= 15 is 0 Å². The van der Waals surface area contributed by atoms with Crippen molar-refractivity contribution >= 4 is 45.9 Å². The lowest BCUT2D eigenvalue weighted by molar-refractivity contribution is 0.252. The van der Waals surface area contributed by atoms with Crippen molar-refractivity contribution in [3.63, 3.8) is 0 Å². The average Bonchev–Trinajstić information content (AvgIpc) is 2.33. The van der Waals surface area contributed by atoms with Crippen molar-refractivity contribution in [2.75, 3.05) is 34.7 Å². The molecule has 0 amide bonds. The third kappa shape index (κ3) is 4.34. The molecule has 0 atom stereocenters. The number of guanidine groups is 1. The van der Waals surface area contributed by atoms with Crippen molar-refractivity contribution in [1.82, 2.24) is 9.80 Å². The van der Waals surface area contributed by atoms with Crippen LogP contribution in [0, 0.1) is 0 Å². The molecule has 5 heteroatoms. The number of halogens is 2. The minimum Gasteiger partial charge on any atom is -0.349 e. The fourth-order valence-electron chi connectivity index (χ4n) is 2.85. The lowest BCUT2D eigenvalue weighted by atomic mass is 9.64. The molecule has 0 aliphatic heterocycles. The Morgan fingerprint density at radius 3 is 2.00 bits per heavy atom. The maximum Gasteiger partial charge on any atom is 0.195 e. The monoisotopic (exact) mass is 465 g/mol. The average molecular weight is 466 g/mol. The van der Waals surface area contributed by atoms with Crippen molar-refractivity contribution in [3.05, 3.63) is 34.3 Å². The van der Waals surface area contributed by atoms with E-state index in [1.165, 1.54) is 24.8 Å². The molecular formula is C16H25BrIN3. The molecular weight excluding hydrogens is 441 g/mol. The second-order valence-electron chi connectivity index (χ2n) is 6.05. The van der Waals surface area contributed by atoms with E-state index in [2.05, 4.69) is 50.0 Å². The molecule has 1 fully saturated rings. The van der Waals surface area contributed by atoms with Crippen molar-refractivity contribution in [3.8, 4) is 0 Å². The zero-order chi connectivity index (χ0) is 14.8. The molecule has 21 heavy (non-hydrogen) atoms. The van der Waals surface area contributed by atoms with E-state index in [1.54, 1.807) is 0 Å². The molecule has 0 radical (unpaired) electrons. The van der Waals surface area contributed by atoms with Gasteiger partial charge in [-0.1, -0.05) is 34.5 Å². The van der Waals surface area contributed by atoms with E-state index in [-0.39, 0.29) is 29.4 Å². The van der Waals surface area contributed by atoms with Gasteiger partial charge in [0.25, 0.3) is 0 Å². The first-order valence-corrected chi connectivity index (χ1v) is 7.89. The summed E-state index contributed by atoms with van der Waals surface area (Å²) in [5.74, 6) is 1.04. The molecule has 0 heterocycles. The first-order valence-electron chi connectivity index (χ1n) is 7.10. The van der Waals surface area contributed by atoms with E-state index in [1.807, 2.05) is 28.2 Å². The fourth-order valence-corrected chi connectivity index (χ4v) is 3.11. The first-order chi connectivity index (χ1) is 9.44. The van der Waals surface area contributed by atoms with Crippen LogP contribution >= 0.6 is 39.9 Å². The Labute approximate surface area is 154 Å². The fraction of sp³-hybridized carbons (Fsp3) is 0.562. The lowest BCUT2D eigenvalue weighted by Gasteiger charge is -2.42. The highest BCUT2D eigenvalue weighted by molar-refractivity contribution is 14.0. The lowest BCUT2D eigenvalue weighted by Crippen LogP contribution is -2.41. The Kier molecular flexibility index (Phi) is 6.97. The van der Waals surface area contributed by atoms with Crippen LogP contribution in [-0.4, -0.2) is 50.5 Å². The van der Waals surface area contributed by atoms with Crippen LogP contribution in [0.15, 0.2) is 33.7 Å². The van der Waals surface area contributed by atoms with Crippen molar-refractivity contribution in [2.24, 2.45) is 4.99 Å². The molecule has 1 aliphatic carbocycles. The number of benzene rings is 1. The van der Waals surface area contributed by atoms with Gasteiger partial charge in [0.2, 0.25) is 0 Å². The number of aliphatic imine (C=N–C) groups is 1. The summed E-state index contributed by atoms with van der Waals surface area (Å²) >= 11 is 3.51. The molecule has 2 rings (SSSR count). The van der Waals surface area contributed by atoms with Gasteiger partial charge >= 0.3 is 0 Å². The Balaban J connectivity index is 0.00000220. The Bertz CT molecular complexity index is 469. The number of hydrogen-bond donors (Lipinski definition) is 0. The quantitative estimate of drug-likeness (QED) is 0.382.